The Kier molecular flexibility index (Phi) is 3.50. The van der Waals surface area contributed by atoms with Crippen LogP contribution in [0.5, 0.6) is 0 Å². The van der Waals surface area contributed by atoms with Crippen molar-refractivity contribution in [2.75, 3.05) is 0 Å². The fraction of sp³-hybridized carbons (Fsp3) is 0.625. The first-order valence-corrected chi connectivity index (χ1v) is 6.80. The highest BCUT2D eigenvalue weighted by Crippen LogP contribution is 2.53. The lowest BCUT2D eigenvalue weighted by molar-refractivity contribution is 0.150. The molecule has 2 bridgehead atoms. The first-order valence-electron chi connectivity index (χ1n) is 6.80. The zero-order chi connectivity index (χ0) is 12.1. The lowest BCUT2D eigenvalue weighted by atomic mass is 9.66. The Morgan fingerprint density at radius 3 is 2.39 bits per heavy atom. The molecule has 1 saturated carbocycles. The highest BCUT2D eigenvalue weighted by atomic mass is 35.5. The maximum absolute atomic E-state index is 3.90. The van der Waals surface area contributed by atoms with Crippen molar-refractivity contribution in [3.8, 4) is 0 Å². The Balaban J connectivity index is 0.00000120. The molecule has 2 heteroatoms. The average molecular weight is 266 g/mol. The number of benzene rings is 1. The van der Waals surface area contributed by atoms with Crippen molar-refractivity contribution in [3.05, 3.63) is 35.9 Å². The summed E-state index contributed by atoms with van der Waals surface area (Å²) in [7, 11) is 0. The Bertz CT molecular complexity index is 414. The SMILES string of the molecule is CC1(C)CC2CC(C)(C1)NC2c1ccccc1.Cl. The second kappa shape index (κ2) is 4.54. The van der Waals surface area contributed by atoms with Crippen molar-refractivity contribution >= 4 is 12.4 Å². The summed E-state index contributed by atoms with van der Waals surface area (Å²) in [4.78, 5) is 0. The van der Waals surface area contributed by atoms with Crippen molar-refractivity contribution in [1.82, 2.24) is 5.32 Å². The minimum absolute atomic E-state index is 0. The molecule has 2 fully saturated rings. The van der Waals surface area contributed by atoms with Crippen LogP contribution in [0.3, 0.4) is 0 Å². The molecule has 3 rings (SSSR count). The number of halogens is 1. The van der Waals surface area contributed by atoms with Crippen molar-refractivity contribution in [3.63, 3.8) is 0 Å². The highest BCUT2D eigenvalue weighted by molar-refractivity contribution is 5.85. The second-order valence-corrected chi connectivity index (χ2v) is 7.10. The van der Waals surface area contributed by atoms with E-state index >= 15 is 0 Å². The second-order valence-electron chi connectivity index (χ2n) is 7.10. The molecule has 3 unspecified atom stereocenters. The van der Waals surface area contributed by atoms with Crippen LogP contribution in [0.25, 0.3) is 0 Å². The number of hydrogen-bond acceptors (Lipinski definition) is 1. The molecule has 1 heterocycles. The first kappa shape index (κ1) is 13.9. The van der Waals surface area contributed by atoms with Gasteiger partial charge in [-0.25, -0.2) is 0 Å². The summed E-state index contributed by atoms with van der Waals surface area (Å²) >= 11 is 0. The minimum Gasteiger partial charge on any atom is -0.304 e. The molecule has 0 radical (unpaired) electrons. The predicted octanol–water partition coefficient (Wildman–Crippen LogP) is 4.34. The summed E-state index contributed by atoms with van der Waals surface area (Å²) in [6.45, 7) is 7.25. The van der Waals surface area contributed by atoms with Gasteiger partial charge >= 0.3 is 0 Å². The topological polar surface area (TPSA) is 12.0 Å². The third-order valence-corrected chi connectivity index (χ3v) is 4.53. The van der Waals surface area contributed by atoms with E-state index in [-0.39, 0.29) is 12.4 Å². The molecule has 0 aromatic heterocycles. The van der Waals surface area contributed by atoms with Crippen LogP contribution in [0.4, 0.5) is 0 Å². The van der Waals surface area contributed by atoms with Crippen LogP contribution in [0.2, 0.25) is 0 Å². The molecule has 1 aliphatic carbocycles. The van der Waals surface area contributed by atoms with Crippen molar-refractivity contribution in [1.29, 1.82) is 0 Å². The molecular formula is C16H24ClN. The summed E-state index contributed by atoms with van der Waals surface area (Å²) in [6.07, 6.45) is 4.00. The molecule has 100 valence electrons. The van der Waals surface area contributed by atoms with Crippen molar-refractivity contribution < 1.29 is 0 Å². The summed E-state index contributed by atoms with van der Waals surface area (Å²) in [6, 6.07) is 11.5. The van der Waals surface area contributed by atoms with Crippen LogP contribution < -0.4 is 5.32 Å². The number of fused-ring (bicyclic) bond motifs is 2. The van der Waals surface area contributed by atoms with Gasteiger partial charge in [0, 0.05) is 11.6 Å². The van der Waals surface area contributed by atoms with Crippen LogP contribution in [0, 0.1) is 11.3 Å². The number of hydrogen-bond donors (Lipinski definition) is 1. The van der Waals surface area contributed by atoms with Crippen LogP contribution in [0.1, 0.15) is 51.6 Å². The summed E-state index contributed by atoms with van der Waals surface area (Å²) in [5.74, 6) is 0.811. The van der Waals surface area contributed by atoms with Gasteiger partial charge in [0.25, 0.3) is 0 Å². The van der Waals surface area contributed by atoms with Gasteiger partial charge in [-0.05, 0) is 43.1 Å². The number of nitrogens with one attached hydrogen (secondary N) is 1. The smallest absolute Gasteiger partial charge is 0.0354 e. The van der Waals surface area contributed by atoms with Crippen LogP contribution in [-0.4, -0.2) is 5.54 Å². The Hall–Kier alpha value is -0.530. The third kappa shape index (κ3) is 2.44. The average Bonchev–Trinajstić information content (AvgIpc) is 2.49. The van der Waals surface area contributed by atoms with E-state index in [0.717, 1.165) is 5.92 Å². The zero-order valence-electron chi connectivity index (χ0n) is 11.6. The standard InChI is InChI=1S/C16H23N.ClH/c1-15(2)9-13-10-16(3,11-15)17-14(13)12-7-5-4-6-8-12;/h4-8,13-14,17H,9-11H2,1-3H3;1H. The molecule has 0 amide bonds. The van der Waals surface area contributed by atoms with Gasteiger partial charge in [-0.2, -0.15) is 0 Å². The molecule has 1 saturated heterocycles. The van der Waals surface area contributed by atoms with E-state index in [9.17, 15) is 0 Å². The molecule has 1 aromatic rings. The largest absolute Gasteiger partial charge is 0.304 e. The number of rotatable bonds is 1. The fourth-order valence-corrected chi connectivity index (χ4v) is 4.42. The molecule has 1 nitrogen and oxygen atoms in total. The van der Waals surface area contributed by atoms with Gasteiger partial charge < -0.3 is 5.32 Å². The summed E-state index contributed by atoms with van der Waals surface area (Å²) in [5.41, 5.74) is 2.32. The maximum Gasteiger partial charge on any atom is 0.0354 e. The van der Waals surface area contributed by atoms with Gasteiger partial charge in [-0.3, -0.25) is 0 Å². The van der Waals surface area contributed by atoms with Crippen molar-refractivity contribution in [2.45, 2.75) is 51.6 Å². The zero-order valence-corrected chi connectivity index (χ0v) is 12.4. The van der Waals surface area contributed by atoms with Crippen LogP contribution in [0.15, 0.2) is 30.3 Å². The van der Waals surface area contributed by atoms with E-state index < -0.39 is 0 Å². The van der Waals surface area contributed by atoms with E-state index in [1.54, 1.807) is 0 Å². The first-order chi connectivity index (χ1) is 7.98. The van der Waals surface area contributed by atoms with Gasteiger partial charge in [0.15, 0.2) is 0 Å². The molecule has 18 heavy (non-hydrogen) atoms. The summed E-state index contributed by atoms with van der Waals surface area (Å²) in [5, 5.41) is 3.90. The van der Waals surface area contributed by atoms with Crippen molar-refractivity contribution in [2.24, 2.45) is 11.3 Å². The minimum atomic E-state index is 0. The third-order valence-electron chi connectivity index (χ3n) is 4.53. The molecule has 1 N–H and O–H groups in total. The van der Waals surface area contributed by atoms with Gasteiger partial charge in [0.1, 0.15) is 0 Å². The fourth-order valence-electron chi connectivity index (χ4n) is 4.42. The molecule has 2 aliphatic rings. The normalized spacial score (nSPS) is 37.1. The quantitative estimate of drug-likeness (QED) is 0.797. The van der Waals surface area contributed by atoms with Crippen LogP contribution >= 0.6 is 12.4 Å². The Labute approximate surface area is 117 Å². The van der Waals surface area contributed by atoms with Crippen LogP contribution in [-0.2, 0) is 0 Å². The monoisotopic (exact) mass is 265 g/mol. The van der Waals surface area contributed by atoms with Gasteiger partial charge in [-0.1, -0.05) is 44.2 Å². The van der Waals surface area contributed by atoms with Gasteiger partial charge in [0.2, 0.25) is 0 Å². The van der Waals surface area contributed by atoms with E-state index in [1.807, 2.05) is 0 Å². The highest BCUT2D eigenvalue weighted by Gasteiger charge is 2.50. The van der Waals surface area contributed by atoms with E-state index in [0.29, 0.717) is 17.0 Å². The maximum atomic E-state index is 3.90. The van der Waals surface area contributed by atoms with E-state index in [1.165, 1.54) is 24.8 Å². The lowest BCUT2D eigenvalue weighted by Gasteiger charge is -2.39. The molecule has 3 atom stereocenters. The predicted molar refractivity (Wildman–Crippen MR) is 79.1 cm³/mol. The molecule has 1 aromatic carbocycles. The molecule has 1 aliphatic heterocycles. The summed E-state index contributed by atoms with van der Waals surface area (Å²) < 4.78 is 0. The Morgan fingerprint density at radius 1 is 1.06 bits per heavy atom. The lowest BCUT2D eigenvalue weighted by Crippen LogP contribution is -2.41. The van der Waals surface area contributed by atoms with Gasteiger partial charge in [-0.15, -0.1) is 12.4 Å². The van der Waals surface area contributed by atoms with Gasteiger partial charge in [0.05, 0.1) is 0 Å². The molecular weight excluding hydrogens is 242 g/mol. The molecule has 0 spiro atoms. The van der Waals surface area contributed by atoms with E-state index in [4.69, 9.17) is 0 Å². The van der Waals surface area contributed by atoms with E-state index in [2.05, 4.69) is 56.4 Å². The Morgan fingerprint density at radius 2 is 1.72 bits per heavy atom.